The van der Waals surface area contributed by atoms with Gasteiger partial charge in [0.05, 0.1) is 0 Å². The third kappa shape index (κ3) is 3.05. The summed E-state index contributed by atoms with van der Waals surface area (Å²) in [6.45, 7) is 0. The molecule has 5 rings (SSSR count). The molecule has 0 spiro atoms. The lowest BCUT2D eigenvalue weighted by Crippen LogP contribution is -2.23. The monoisotopic (exact) mass is 384 g/mol. The molecule has 30 heavy (non-hydrogen) atoms. The highest BCUT2D eigenvalue weighted by molar-refractivity contribution is 6.08. The van der Waals surface area contributed by atoms with Crippen LogP contribution < -0.4 is 0 Å². The van der Waals surface area contributed by atoms with Crippen molar-refractivity contribution < 1.29 is 5.11 Å². The fraction of sp³-hybridized carbons (Fsp3) is 0.0345. The molecule has 142 valence electrons. The first-order valence-electron chi connectivity index (χ1n) is 10.0. The predicted molar refractivity (Wildman–Crippen MR) is 122 cm³/mol. The van der Waals surface area contributed by atoms with Crippen molar-refractivity contribution in [3.63, 3.8) is 0 Å². The smallest absolute Gasteiger partial charge is 0.179 e. The summed E-state index contributed by atoms with van der Waals surface area (Å²) in [5.41, 5.74) is 5.22. The predicted octanol–water partition coefficient (Wildman–Crippen LogP) is 5.90. The Morgan fingerprint density at radius 1 is 0.567 bits per heavy atom. The van der Waals surface area contributed by atoms with E-state index in [0.717, 1.165) is 39.0 Å². The van der Waals surface area contributed by atoms with E-state index in [2.05, 4.69) is 30.0 Å². The molecule has 1 aliphatic carbocycles. The fourth-order valence-corrected chi connectivity index (χ4v) is 4.14. The number of hydrogen-bond donors (Lipinski definition) is 1. The number of aliphatic hydroxyl groups is 1. The Labute approximate surface area is 177 Å². The van der Waals surface area contributed by atoms with Crippen molar-refractivity contribution in [2.45, 2.75) is 5.60 Å². The number of fused-ring (bicyclic) bond motifs is 1. The first-order valence-corrected chi connectivity index (χ1v) is 10.0. The molecule has 0 aromatic heterocycles. The van der Waals surface area contributed by atoms with Gasteiger partial charge in [-0.25, -0.2) is 0 Å². The summed E-state index contributed by atoms with van der Waals surface area (Å²) in [7, 11) is 0. The minimum absolute atomic E-state index is 0.825. The van der Waals surface area contributed by atoms with E-state index in [9.17, 15) is 5.11 Å². The lowest BCUT2D eigenvalue weighted by molar-refractivity contribution is 0.168. The average molecular weight is 384 g/mol. The van der Waals surface area contributed by atoms with Crippen LogP contribution in [0.5, 0.6) is 0 Å². The van der Waals surface area contributed by atoms with E-state index in [-0.39, 0.29) is 0 Å². The van der Waals surface area contributed by atoms with E-state index in [1.54, 1.807) is 0 Å². The van der Waals surface area contributed by atoms with Crippen LogP contribution in [0, 0.1) is 11.8 Å². The van der Waals surface area contributed by atoms with E-state index < -0.39 is 5.60 Å². The number of rotatable bonds is 2. The van der Waals surface area contributed by atoms with Gasteiger partial charge in [0.2, 0.25) is 0 Å². The molecule has 0 aliphatic heterocycles. The van der Waals surface area contributed by atoms with Gasteiger partial charge in [-0.2, -0.15) is 0 Å². The van der Waals surface area contributed by atoms with Crippen LogP contribution in [0.25, 0.3) is 11.1 Å². The van der Waals surface area contributed by atoms with Crippen molar-refractivity contribution in [2.24, 2.45) is 0 Å². The molecule has 0 fully saturated rings. The van der Waals surface area contributed by atoms with Crippen LogP contribution in [0.4, 0.5) is 0 Å². The highest BCUT2D eigenvalue weighted by Crippen LogP contribution is 2.51. The molecule has 1 N–H and O–H groups in total. The van der Waals surface area contributed by atoms with Crippen molar-refractivity contribution in [3.8, 4) is 11.8 Å². The van der Waals surface area contributed by atoms with Gasteiger partial charge in [0, 0.05) is 16.7 Å². The highest BCUT2D eigenvalue weighted by atomic mass is 16.3. The third-order valence-electron chi connectivity index (χ3n) is 5.48. The normalized spacial score (nSPS) is 17.2. The molecule has 0 saturated carbocycles. The van der Waals surface area contributed by atoms with Crippen LogP contribution in [0.1, 0.15) is 27.8 Å². The van der Waals surface area contributed by atoms with Gasteiger partial charge in [0.15, 0.2) is 5.60 Å². The van der Waals surface area contributed by atoms with Crippen molar-refractivity contribution >= 4 is 11.1 Å². The molecular formula is C29H20O. The Balaban J connectivity index is 1.83. The van der Waals surface area contributed by atoms with Gasteiger partial charge in [0.25, 0.3) is 0 Å². The van der Waals surface area contributed by atoms with Crippen LogP contribution in [-0.2, 0) is 5.60 Å². The molecular weight excluding hydrogens is 364 g/mol. The molecule has 0 heterocycles. The first-order chi connectivity index (χ1) is 14.8. The molecule has 0 bridgehead atoms. The minimum atomic E-state index is -1.40. The molecule has 1 nitrogen and oxygen atoms in total. The third-order valence-corrected chi connectivity index (χ3v) is 5.48. The molecule has 1 unspecified atom stereocenters. The second-order valence-electron chi connectivity index (χ2n) is 7.35. The van der Waals surface area contributed by atoms with Crippen molar-refractivity contribution in [1.29, 1.82) is 0 Å². The standard InChI is InChI=1S/C29H20O/c30-29(21-20-22-12-4-1-5-13-22)26-19-11-10-18-25(26)27(23-14-6-2-7-15-23)28(29)24-16-8-3-9-17-24/h1-19,30H. The van der Waals surface area contributed by atoms with Crippen LogP contribution in [0.3, 0.4) is 0 Å². The number of benzene rings is 4. The van der Waals surface area contributed by atoms with E-state index >= 15 is 0 Å². The van der Waals surface area contributed by atoms with Gasteiger partial charge in [-0.15, -0.1) is 0 Å². The number of hydrogen-bond acceptors (Lipinski definition) is 1. The summed E-state index contributed by atoms with van der Waals surface area (Å²) in [6, 6.07) is 38.1. The maximum Gasteiger partial charge on any atom is 0.179 e. The summed E-state index contributed by atoms with van der Waals surface area (Å²) in [4.78, 5) is 0. The molecule has 1 atom stereocenters. The molecule has 1 aliphatic rings. The Kier molecular flexibility index (Phi) is 4.56. The SMILES string of the molecule is OC1(C#Cc2ccccc2)C(c2ccccc2)=C(c2ccccc2)c2ccccc21. The summed E-state index contributed by atoms with van der Waals surface area (Å²) in [6.07, 6.45) is 0. The van der Waals surface area contributed by atoms with Gasteiger partial charge >= 0.3 is 0 Å². The molecule has 4 aromatic carbocycles. The Morgan fingerprint density at radius 3 is 1.77 bits per heavy atom. The lowest BCUT2D eigenvalue weighted by atomic mass is 9.85. The Morgan fingerprint density at radius 2 is 1.10 bits per heavy atom. The maximum atomic E-state index is 12.1. The zero-order valence-corrected chi connectivity index (χ0v) is 16.4. The van der Waals surface area contributed by atoms with Crippen molar-refractivity contribution in [3.05, 3.63) is 143 Å². The van der Waals surface area contributed by atoms with Gasteiger partial charge < -0.3 is 5.11 Å². The molecule has 0 radical (unpaired) electrons. The zero-order chi connectivity index (χ0) is 20.4. The summed E-state index contributed by atoms with van der Waals surface area (Å²) in [5.74, 6) is 6.43. The van der Waals surface area contributed by atoms with Gasteiger partial charge in [-0.05, 0) is 34.4 Å². The van der Waals surface area contributed by atoms with Crippen LogP contribution in [0.2, 0.25) is 0 Å². The lowest BCUT2D eigenvalue weighted by Gasteiger charge is -2.23. The highest BCUT2D eigenvalue weighted by Gasteiger charge is 2.43. The maximum absolute atomic E-state index is 12.1. The van der Waals surface area contributed by atoms with Crippen molar-refractivity contribution in [2.75, 3.05) is 0 Å². The molecule has 0 saturated heterocycles. The topological polar surface area (TPSA) is 20.2 Å². The largest absolute Gasteiger partial charge is 0.369 e. The second kappa shape index (κ2) is 7.52. The molecule has 4 aromatic rings. The Hall–Kier alpha value is -3.86. The first kappa shape index (κ1) is 18.2. The average Bonchev–Trinajstić information content (AvgIpc) is 3.09. The molecule has 0 amide bonds. The van der Waals surface area contributed by atoms with E-state index in [0.29, 0.717) is 0 Å². The van der Waals surface area contributed by atoms with Crippen LogP contribution >= 0.6 is 0 Å². The van der Waals surface area contributed by atoms with Gasteiger partial charge in [-0.1, -0.05) is 115 Å². The van der Waals surface area contributed by atoms with Crippen LogP contribution in [0.15, 0.2) is 115 Å². The van der Waals surface area contributed by atoms with E-state index in [1.807, 2.05) is 97.1 Å². The fourth-order valence-electron chi connectivity index (χ4n) is 4.14. The minimum Gasteiger partial charge on any atom is -0.369 e. The zero-order valence-electron chi connectivity index (χ0n) is 16.4. The van der Waals surface area contributed by atoms with Crippen molar-refractivity contribution in [1.82, 2.24) is 0 Å². The summed E-state index contributed by atoms with van der Waals surface area (Å²) in [5, 5.41) is 12.1. The van der Waals surface area contributed by atoms with Gasteiger partial charge in [0.1, 0.15) is 0 Å². The summed E-state index contributed by atoms with van der Waals surface area (Å²) >= 11 is 0. The van der Waals surface area contributed by atoms with E-state index in [4.69, 9.17) is 0 Å². The van der Waals surface area contributed by atoms with Gasteiger partial charge in [-0.3, -0.25) is 0 Å². The van der Waals surface area contributed by atoms with Crippen LogP contribution in [-0.4, -0.2) is 5.11 Å². The summed E-state index contributed by atoms with van der Waals surface area (Å²) < 4.78 is 0. The quantitative estimate of drug-likeness (QED) is 0.427. The van der Waals surface area contributed by atoms with E-state index in [1.165, 1.54) is 0 Å². The Bertz CT molecular complexity index is 1280. The molecule has 1 heteroatoms. The second-order valence-corrected chi connectivity index (χ2v) is 7.35.